The number of hydrogen-bond acceptors (Lipinski definition) is 3. The minimum atomic E-state index is -4.66. The van der Waals surface area contributed by atoms with Crippen LogP contribution in [0.2, 0.25) is 0 Å². The van der Waals surface area contributed by atoms with Crippen molar-refractivity contribution in [2.75, 3.05) is 6.54 Å². The standard InChI is InChI=1S/C18H21F3N2O2/c1-5-11(2)23-10-17(3,4)15(16(23)24)25-13-7-6-12(9-22)14(8-13)18(19,20)21/h6-8,11,15H,5,10H2,1-4H3/t11-,15?/m0/s1. The molecule has 0 radical (unpaired) electrons. The molecule has 1 aliphatic rings. The van der Waals surface area contributed by atoms with Gasteiger partial charge in [0.15, 0.2) is 6.10 Å². The summed E-state index contributed by atoms with van der Waals surface area (Å²) in [6, 6.07) is 4.71. The Hall–Kier alpha value is -2.23. The Balaban J connectivity index is 2.33. The molecular formula is C18H21F3N2O2. The van der Waals surface area contributed by atoms with E-state index in [1.807, 2.05) is 27.7 Å². The second-order valence-electron chi connectivity index (χ2n) is 7.03. The van der Waals surface area contributed by atoms with Gasteiger partial charge in [-0.25, -0.2) is 0 Å². The van der Waals surface area contributed by atoms with Crippen LogP contribution in [-0.4, -0.2) is 29.5 Å². The van der Waals surface area contributed by atoms with Gasteiger partial charge in [-0.2, -0.15) is 18.4 Å². The average molecular weight is 354 g/mol. The predicted octanol–water partition coefficient (Wildman–Crippen LogP) is 3.99. The summed E-state index contributed by atoms with van der Waals surface area (Å²) in [6.07, 6.45) is -4.75. The molecule has 0 saturated carbocycles. The van der Waals surface area contributed by atoms with E-state index in [9.17, 15) is 18.0 Å². The quantitative estimate of drug-likeness (QED) is 0.821. The van der Waals surface area contributed by atoms with Gasteiger partial charge < -0.3 is 9.64 Å². The molecule has 1 aliphatic heterocycles. The lowest BCUT2D eigenvalue weighted by molar-refractivity contribution is -0.138. The summed E-state index contributed by atoms with van der Waals surface area (Å²) in [5.74, 6) is -0.291. The first-order valence-corrected chi connectivity index (χ1v) is 8.09. The van der Waals surface area contributed by atoms with E-state index in [1.165, 1.54) is 12.1 Å². The predicted molar refractivity (Wildman–Crippen MR) is 85.8 cm³/mol. The number of carbonyl (C=O) groups is 1. The van der Waals surface area contributed by atoms with Gasteiger partial charge >= 0.3 is 6.18 Å². The summed E-state index contributed by atoms with van der Waals surface area (Å²) in [5, 5.41) is 8.85. The van der Waals surface area contributed by atoms with E-state index in [0.717, 1.165) is 18.6 Å². The number of carbonyl (C=O) groups excluding carboxylic acids is 1. The van der Waals surface area contributed by atoms with Gasteiger partial charge in [0.2, 0.25) is 0 Å². The van der Waals surface area contributed by atoms with Crippen molar-refractivity contribution >= 4 is 5.91 Å². The van der Waals surface area contributed by atoms with E-state index in [1.54, 1.807) is 4.90 Å². The maximum absolute atomic E-state index is 13.1. The van der Waals surface area contributed by atoms with Crippen molar-refractivity contribution in [1.29, 1.82) is 5.26 Å². The van der Waals surface area contributed by atoms with Gasteiger partial charge in [0.25, 0.3) is 5.91 Å². The monoisotopic (exact) mass is 354 g/mol. The normalized spacial score (nSPS) is 21.1. The zero-order valence-corrected chi connectivity index (χ0v) is 14.6. The van der Waals surface area contributed by atoms with Crippen LogP contribution in [0.1, 0.15) is 45.2 Å². The highest BCUT2D eigenvalue weighted by molar-refractivity contribution is 5.85. The number of likely N-dealkylation sites (tertiary alicyclic amines) is 1. The Bertz CT molecular complexity index is 707. The summed E-state index contributed by atoms with van der Waals surface area (Å²) in [4.78, 5) is 14.4. The van der Waals surface area contributed by atoms with E-state index in [2.05, 4.69) is 0 Å². The van der Waals surface area contributed by atoms with Gasteiger partial charge in [-0.1, -0.05) is 20.8 Å². The number of ether oxygens (including phenoxy) is 1. The fourth-order valence-corrected chi connectivity index (χ4v) is 2.95. The van der Waals surface area contributed by atoms with Gasteiger partial charge in [0.05, 0.1) is 17.2 Å². The van der Waals surface area contributed by atoms with E-state index in [0.29, 0.717) is 6.54 Å². The molecule has 1 unspecified atom stereocenters. The Kier molecular flexibility index (Phi) is 5.03. The number of hydrogen-bond donors (Lipinski definition) is 0. The smallest absolute Gasteiger partial charge is 0.417 e. The minimum absolute atomic E-state index is 0.0343. The molecule has 0 spiro atoms. The number of benzene rings is 1. The highest BCUT2D eigenvalue weighted by atomic mass is 19.4. The van der Waals surface area contributed by atoms with Crippen molar-refractivity contribution in [3.63, 3.8) is 0 Å². The third-order valence-corrected chi connectivity index (χ3v) is 4.59. The molecule has 0 aromatic heterocycles. The van der Waals surface area contributed by atoms with Crippen LogP contribution in [0.4, 0.5) is 13.2 Å². The third kappa shape index (κ3) is 3.73. The number of rotatable bonds is 4. The molecule has 1 saturated heterocycles. The molecule has 25 heavy (non-hydrogen) atoms. The minimum Gasteiger partial charge on any atom is -0.480 e. The first kappa shape index (κ1) is 19.1. The van der Waals surface area contributed by atoms with Crippen LogP contribution in [0.3, 0.4) is 0 Å². The summed E-state index contributed by atoms with van der Waals surface area (Å²) in [7, 11) is 0. The van der Waals surface area contributed by atoms with Crippen molar-refractivity contribution in [2.45, 2.75) is 52.4 Å². The van der Waals surface area contributed by atoms with Gasteiger partial charge in [-0.15, -0.1) is 0 Å². The molecule has 4 nitrogen and oxygen atoms in total. The lowest BCUT2D eigenvalue weighted by Gasteiger charge is -2.25. The van der Waals surface area contributed by atoms with Gasteiger partial charge in [-0.05, 0) is 31.5 Å². The number of alkyl halides is 3. The fraction of sp³-hybridized carbons (Fsp3) is 0.556. The van der Waals surface area contributed by atoms with Crippen LogP contribution in [0.5, 0.6) is 5.75 Å². The first-order valence-electron chi connectivity index (χ1n) is 8.09. The molecule has 2 atom stereocenters. The lowest BCUT2D eigenvalue weighted by atomic mass is 9.89. The Morgan fingerprint density at radius 1 is 1.44 bits per heavy atom. The van der Waals surface area contributed by atoms with Crippen LogP contribution in [0.15, 0.2) is 18.2 Å². The van der Waals surface area contributed by atoms with Crippen molar-refractivity contribution in [3.8, 4) is 11.8 Å². The molecule has 0 bridgehead atoms. The highest BCUT2D eigenvalue weighted by Crippen LogP contribution is 2.38. The maximum atomic E-state index is 13.1. The maximum Gasteiger partial charge on any atom is 0.417 e. The zero-order chi connectivity index (χ0) is 19.0. The SMILES string of the molecule is CC[C@H](C)N1CC(C)(C)C(Oc2ccc(C#N)c(C(F)(F)F)c2)C1=O. The van der Waals surface area contributed by atoms with Crippen LogP contribution in [0.25, 0.3) is 0 Å². The van der Waals surface area contributed by atoms with Crippen molar-refractivity contribution in [1.82, 2.24) is 4.90 Å². The Morgan fingerprint density at radius 3 is 2.60 bits per heavy atom. The second-order valence-corrected chi connectivity index (χ2v) is 7.03. The molecule has 2 rings (SSSR count). The van der Waals surface area contributed by atoms with E-state index in [-0.39, 0.29) is 17.7 Å². The van der Waals surface area contributed by atoms with Gasteiger partial charge in [-0.3, -0.25) is 4.79 Å². The Morgan fingerprint density at radius 2 is 2.08 bits per heavy atom. The van der Waals surface area contributed by atoms with E-state index < -0.39 is 28.8 Å². The number of halogens is 3. The second kappa shape index (κ2) is 6.58. The van der Waals surface area contributed by atoms with Crippen molar-refractivity contribution < 1.29 is 22.7 Å². The van der Waals surface area contributed by atoms with Gasteiger partial charge in [0.1, 0.15) is 5.75 Å². The molecule has 0 N–H and O–H groups in total. The molecule has 1 aromatic rings. The third-order valence-electron chi connectivity index (χ3n) is 4.59. The number of nitrogens with zero attached hydrogens (tertiary/aromatic N) is 2. The Labute approximate surface area is 145 Å². The lowest BCUT2D eigenvalue weighted by Crippen LogP contribution is -2.39. The van der Waals surface area contributed by atoms with Crippen molar-refractivity contribution in [3.05, 3.63) is 29.3 Å². The molecule has 7 heteroatoms. The van der Waals surface area contributed by atoms with Crippen LogP contribution in [0, 0.1) is 16.7 Å². The molecule has 1 amide bonds. The first-order chi connectivity index (χ1) is 11.5. The highest BCUT2D eigenvalue weighted by Gasteiger charge is 2.49. The largest absolute Gasteiger partial charge is 0.480 e. The van der Waals surface area contributed by atoms with Crippen LogP contribution in [-0.2, 0) is 11.0 Å². The summed E-state index contributed by atoms with van der Waals surface area (Å²) in [5.41, 5.74) is -2.07. The van der Waals surface area contributed by atoms with Crippen LogP contribution >= 0.6 is 0 Å². The van der Waals surface area contributed by atoms with Gasteiger partial charge in [0, 0.05) is 18.0 Å². The molecule has 1 fully saturated rings. The molecular weight excluding hydrogens is 333 g/mol. The summed E-state index contributed by atoms with van der Waals surface area (Å²) >= 11 is 0. The number of amides is 1. The summed E-state index contributed by atoms with van der Waals surface area (Å²) < 4.78 is 44.9. The van der Waals surface area contributed by atoms with Crippen LogP contribution < -0.4 is 4.74 Å². The van der Waals surface area contributed by atoms with Crippen molar-refractivity contribution in [2.24, 2.45) is 5.41 Å². The molecule has 0 aliphatic carbocycles. The number of nitriles is 1. The summed E-state index contributed by atoms with van der Waals surface area (Å²) in [6.45, 7) is 8.08. The molecule has 1 heterocycles. The van der Waals surface area contributed by atoms with E-state index in [4.69, 9.17) is 10.00 Å². The average Bonchev–Trinajstić information content (AvgIpc) is 2.76. The molecule has 136 valence electrons. The van der Waals surface area contributed by atoms with E-state index >= 15 is 0 Å². The fourth-order valence-electron chi connectivity index (χ4n) is 2.95. The molecule has 1 aromatic carbocycles. The topological polar surface area (TPSA) is 53.3 Å². The zero-order valence-electron chi connectivity index (χ0n) is 14.6.